The van der Waals surface area contributed by atoms with E-state index in [1.54, 1.807) is 0 Å². The predicted octanol–water partition coefficient (Wildman–Crippen LogP) is 2.50. The van der Waals surface area contributed by atoms with E-state index in [0.717, 1.165) is 0 Å². The van der Waals surface area contributed by atoms with Gasteiger partial charge in [-0.25, -0.2) is 4.79 Å². The number of hydrogen-bond donors (Lipinski definition) is 1. The highest BCUT2D eigenvalue weighted by molar-refractivity contribution is 5.71. The van der Waals surface area contributed by atoms with E-state index in [0.29, 0.717) is 22.6 Å². The summed E-state index contributed by atoms with van der Waals surface area (Å²) in [5.74, 6) is -0.703. The predicted molar refractivity (Wildman–Crippen MR) is 62.8 cm³/mol. The molecule has 0 fully saturated rings. The standard InChI is InChI=1S/C12H25NO2/c1-8(2)13(9(3)4,10(5)6)11(7)12(14)15/h8-11H,1-7H3/p+1/t11-/m0/s1. The highest BCUT2D eigenvalue weighted by Crippen LogP contribution is 2.28. The fourth-order valence-electron chi connectivity index (χ4n) is 3.32. The molecule has 0 heterocycles. The average Bonchev–Trinajstić information content (AvgIpc) is 2.02. The fourth-order valence-corrected chi connectivity index (χ4v) is 3.32. The Morgan fingerprint density at radius 3 is 1.20 bits per heavy atom. The number of aliphatic carboxylic acids is 1. The Morgan fingerprint density at radius 2 is 1.13 bits per heavy atom. The molecule has 0 amide bonds. The highest BCUT2D eigenvalue weighted by atomic mass is 16.4. The first kappa shape index (κ1) is 14.4. The van der Waals surface area contributed by atoms with Gasteiger partial charge in [0.25, 0.3) is 0 Å². The lowest BCUT2D eigenvalue weighted by atomic mass is 10.0. The van der Waals surface area contributed by atoms with Gasteiger partial charge >= 0.3 is 5.97 Å². The minimum absolute atomic E-state index is 0.316. The molecule has 0 aliphatic carbocycles. The molecule has 0 unspecified atom stereocenters. The minimum Gasteiger partial charge on any atom is -0.477 e. The summed E-state index contributed by atoms with van der Waals surface area (Å²) in [5.41, 5.74) is 0. The normalized spacial score (nSPS) is 15.1. The Morgan fingerprint density at radius 1 is 0.867 bits per heavy atom. The van der Waals surface area contributed by atoms with Gasteiger partial charge < -0.3 is 9.59 Å². The fraction of sp³-hybridized carbons (Fsp3) is 0.917. The summed E-state index contributed by atoms with van der Waals surface area (Å²) in [6.45, 7) is 14.5. The second-order valence-electron chi connectivity index (χ2n) is 5.19. The smallest absolute Gasteiger partial charge is 0.362 e. The first-order valence-corrected chi connectivity index (χ1v) is 5.79. The van der Waals surface area contributed by atoms with Crippen LogP contribution in [0.2, 0.25) is 0 Å². The maximum absolute atomic E-state index is 11.2. The van der Waals surface area contributed by atoms with Crippen LogP contribution in [-0.2, 0) is 4.79 Å². The average molecular weight is 216 g/mol. The highest BCUT2D eigenvalue weighted by Gasteiger charge is 2.46. The van der Waals surface area contributed by atoms with E-state index in [9.17, 15) is 9.90 Å². The van der Waals surface area contributed by atoms with E-state index in [1.165, 1.54) is 0 Å². The molecule has 0 rings (SSSR count). The van der Waals surface area contributed by atoms with Crippen molar-refractivity contribution in [1.29, 1.82) is 0 Å². The molecular formula is C12H26NO2+. The molecule has 0 aromatic rings. The molecule has 0 saturated heterocycles. The zero-order chi connectivity index (χ0) is 12.4. The second-order valence-corrected chi connectivity index (χ2v) is 5.19. The number of quaternary nitrogens is 1. The van der Waals surface area contributed by atoms with Crippen LogP contribution in [0.3, 0.4) is 0 Å². The van der Waals surface area contributed by atoms with Crippen LogP contribution in [0.25, 0.3) is 0 Å². The van der Waals surface area contributed by atoms with Crippen LogP contribution in [0.15, 0.2) is 0 Å². The van der Waals surface area contributed by atoms with Crippen LogP contribution < -0.4 is 0 Å². The van der Waals surface area contributed by atoms with Crippen molar-refractivity contribution in [3.05, 3.63) is 0 Å². The summed E-state index contributed by atoms with van der Waals surface area (Å²) >= 11 is 0. The minimum atomic E-state index is -0.703. The largest absolute Gasteiger partial charge is 0.477 e. The molecule has 15 heavy (non-hydrogen) atoms. The number of carboxylic acids is 1. The third-order valence-corrected chi connectivity index (χ3v) is 3.71. The van der Waals surface area contributed by atoms with E-state index in [1.807, 2.05) is 6.92 Å². The number of carboxylic acid groups (broad SMARTS) is 1. The van der Waals surface area contributed by atoms with Gasteiger partial charge in [-0.3, -0.25) is 0 Å². The molecule has 0 aliphatic heterocycles. The number of nitrogens with zero attached hydrogens (tertiary/aromatic N) is 1. The van der Waals surface area contributed by atoms with E-state index in [4.69, 9.17) is 0 Å². The van der Waals surface area contributed by atoms with Gasteiger partial charge in [-0.1, -0.05) is 0 Å². The molecule has 0 aromatic heterocycles. The molecule has 90 valence electrons. The van der Waals surface area contributed by atoms with Gasteiger partial charge in [-0.2, -0.15) is 0 Å². The van der Waals surface area contributed by atoms with E-state index < -0.39 is 5.97 Å². The summed E-state index contributed by atoms with van der Waals surface area (Å²) in [4.78, 5) is 11.2. The quantitative estimate of drug-likeness (QED) is 0.717. The molecule has 3 nitrogen and oxygen atoms in total. The van der Waals surface area contributed by atoms with Crippen molar-refractivity contribution < 1.29 is 14.4 Å². The van der Waals surface area contributed by atoms with Crippen molar-refractivity contribution in [1.82, 2.24) is 0 Å². The van der Waals surface area contributed by atoms with E-state index in [-0.39, 0.29) is 6.04 Å². The molecule has 3 heteroatoms. The Balaban J connectivity index is 5.42. The molecule has 0 aliphatic rings. The Labute approximate surface area is 93.7 Å². The lowest BCUT2D eigenvalue weighted by Gasteiger charge is -2.51. The van der Waals surface area contributed by atoms with Crippen molar-refractivity contribution in [3.8, 4) is 0 Å². The van der Waals surface area contributed by atoms with Crippen molar-refractivity contribution in [3.63, 3.8) is 0 Å². The number of hydrogen-bond acceptors (Lipinski definition) is 1. The summed E-state index contributed by atoms with van der Waals surface area (Å²) in [7, 11) is 0. The molecule has 0 radical (unpaired) electrons. The van der Waals surface area contributed by atoms with Gasteiger partial charge in [0.15, 0.2) is 6.04 Å². The lowest BCUT2D eigenvalue weighted by molar-refractivity contribution is -0.997. The molecule has 1 N–H and O–H groups in total. The maximum Gasteiger partial charge on any atom is 0.362 e. The van der Waals surface area contributed by atoms with Crippen LogP contribution in [0, 0.1) is 0 Å². The topological polar surface area (TPSA) is 37.3 Å². The van der Waals surface area contributed by atoms with Gasteiger partial charge in [0.05, 0.1) is 18.1 Å². The van der Waals surface area contributed by atoms with Gasteiger partial charge in [0.1, 0.15) is 0 Å². The van der Waals surface area contributed by atoms with E-state index >= 15 is 0 Å². The number of rotatable bonds is 5. The Bertz CT molecular complexity index is 200. The third-order valence-electron chi connectivity index (χ3n) is 3.71. The maximum atomic E-state index is 11.2. The summed E-state index contributed by atoms with van der Waals surface area (Å²) in [6.07, 6.45) is 0. The third kappa shape index (κ3) is 2.33. The van der Waals surface area contributed by atoms with E-state index in [2.05, 4.69) is 41.5 Å². The molecule has 0 saturated carbocycles. The molecule has 1 atom stereocenters. The first-order chi connectivity index (χ1) is 6.68. The van der Waals surface area contributed by atoms with Gasteiger partial charge in [0.2, 0.25) is 0 Å². The van der Waals surface area contributed by atoms with Crippen molar-refractivity contribution in [2.75, 3.05) is 0 Å². The lowest BCUT2D eigenvalue weighted by Crippen LogP contribution is -2.68. The van der Waals surface area contributed by atoms with Gasteiger partial charge in [0, 0.05) is 0 Å². The monoisotopic (exact) mass is 216 g/mol. The number of carbonyl (C=O) groups is 1. The van der Waals surface area contributed by atoms with Crippen LogP contribution in [0.4, 0.5) is 0 Å². The van der Waals surface area contributed by atoms with Crippen LogP contribution >= 0.6 is 0 Å². The van der Waals surface area contributed by atoms with Gasteiger partial charge in [-0.15, -0.1) is 0 Å². The van der Waals surface area contributed by atoms with Crippen LogP contribution in [0.5, 0.6) is 0 Å². The Kier molecular flexibility index (Phi) is 4.78. The summed E-state index contributed by atoms with van der Waals surface area (Å²) in [5, 5.41) is 9.25. The molecule has 0 bridgehead atoms. The SMILES string of the molecule is CC(C)[N+](C(C)C)(C(C)C)[C@@H](C)C(=O)O. The first-order valence-electron chi connectivity index (χ1n) is 5.79. The zero-order valence-electron chi connectivity index (χ0n) is 11.1. The Hall–Kier alpha value is -0.570. The van der Waals surface area contributed by atoms with Crippen LogP contribution in [0.1, 0.15) is 48.5 Å². The van der Waals surface area contributed by atoms with Gasteiger partial charge in [-0.05, 0) is 48.5 Å². The zero-order valence-corrected chi connectivity index (χ0v) is 11.1. The second kappa shape index (κ2) is 4.97. The van der Waals surface area contributed by atoms with Crippen molar-refractivity contribution in [2.24, 2.45) is 0 Å². The molecule has 0 spiro atoms. The van der Waals surface area contributed by atoms with Crippen LogP contribution in [-0.4, -0.2) is 39.7 Å². The van der Waals surface area contributed by atoms with Crippen molar-refractivity contribution in [2.45, 2.75) is 72.6 Å². The summed E-state index contributed by atoms with van der Waals surface area (Å²) < 4.78 is 0.634. The van der Waals surface area contributed by atoms with Crippen molar-refractivity contribution >= 4 is 5.97 Å². The summed E-state index contributed by atoms with van der Waals surface area (Å²) in [6, 6.07) is 0.591. The molecule has 0 aromatic carbocycles. The molecular weight excluding hydrogens is 190 g/mol.